The fourth-order valence-corrected chi connectivity index (χ4v) is 6.63. The highest BCUT2D eigenvalue weighted by atomic mass is 32.2. The van der Waals surface area contributed by atoms with Crippen LogP contribution in [-0.4, -0.2) is 0 Å². The van der Waals surface area contributed by atoms with Gasteiger partial charge in [0, 0.05) is 33.4 Å². The normalized spacial score (nSPS) is 13.3. The van der Waals surface area contributed by atoms with Crippen molar-refractivity contribution in [1.29, 1.82) is 0 Å². The van der Waals surface area contributed by atoms with Gasteiger partial charge >= 0.3 is 12.4 Å². The number of hydrogen-bond donors (Lipinski definition) is 0. The number of halogens is 6. The first kappa shape index (κ1) is 24.2. The third kappa shape index (κ3) is 4.53. The van der Waals surface area contributed by atoms with Crippen molar-refractivity contribution in [1.82, 2.24) is 0 Å². The van der Waals surface area contributed by atoms with Crippen molar-refractivity contribution in [3.05, 3.63) is 108 Å². The molecule has 1 unspecified atom stereocenters. The van der Waals surface area contributed by atoms with Gasteiger partial charge in [-0.05, 0) is 67.1 Å². The maximum Gasteiger partial charge on any atom is 0.416 e. The molecule has 1 aromatic heterocycles. The lowest BCUT2D eigenvalue weighted by molar-refractivity contribution is -0.143. The zero-order valence-electron chi connectivity index (χ0n) is 18.8. The Morgan fingerprint density at radius 2 is 1.11 bits per heavy atom. The molecule has 1 heterocycles. The Kier molecular flexibility index (Phi) is 5.95. The maximum absolute atomic E-state index is 13.2. The van der Waals surface area contributed by atoms with E-state index in [1.807, 2.05) is 36.4 Å². The van der Waals surface area contributed by atoms with Crippen LogP contribution < -0.4 is 4.74 Å². The first-order valence-electron chi connectivity index (χ1n) is 11.0. The predicted molar refractivity (Wildman–Crippen MR) is 131 cm³/mol. The molecule has 0 fully saturated rings. The fraction of sp³-hybridized carbons (Fsp3) is 0.143. The van der Waals surface area contributed by atoms with Crippen LogP contribution in [0.15, 0.2) is 91.0 Å². The second kappa shape index (κ2) is 8.85. The minimum atomic E-state index is -4.91. The molecule has 36 heavy (non-hydrogen) atoms. The molecule has 1 atom stereocenters. The SMILES string of the molecule is CC(Oc1ccc(-[s+]2c3ccccc3c3ccccc32)cc1)c1cc(C(F)(F)F)cc(C(F)(F)F)c1. The van der Waals surface area contributed by atoms with E-state index in [-0.39, 0.29) is 22.1 Å². The van der Waals surface area contributed by atoms with Gasteiger partial charge in [-0.25, -0.2) is 0 Å². The maximum atomic E-state index is 13.2. The van der Waals surface area contributed by atoms with Crippen LogP contribution in [-0.2, 0) is 12.4 Å². The summed E-state index contributed by atoms with van der Waals surface area (Å²) in [6.45, 7) is 1.43. The number of benzene rings is 4. The molecular formula is C28H19F6OS+. The van der Waals surface area contributed by atoms with Crippen molar-refractivity contribution in [2.45, 2.75) is 25.4 Å². The molecule has 5 aromatic rings. The summed E-state index contributed by atoms with van der Waals surface area (Å²) in [6, 6.07) is 25.0. The molecule has 0 saturated heterocycles. The second-order valence-electron chi connectivity index (χ2n) is 8.37. The summed E-state index contributed by atoms with van der Waals surface area (Å²) in [7, 11) is -0.329. The molecule has 0 aliphatic rings. The summed E-state index contributed by atoms with van der Waals surface area (Å²) in [5, 5.41) is 2.35. The van der Waals surface area contributed by atoms with Gasteiger partial charge in [-0.1, -0.05) is 24.3 Å². The van der Waals surface area contributed by atoms with E-state index in [1.165, 1.54) is 27.1 Å². The third-order valence-corrected chi connectivity index (χ3v) is 8.29. The smallest absolute Gasteiger partial charge is 0.416 e. The van der Waals surface area contributed by atoms with Crippen LogP contribution in [0.1, 0.15) is 29.7 Å². The molecule has 4 aromatic carbocycles. The van der Waals surface area contributed by atoms with Crippen molar-refractivity contribution in [3.8, 4) is 10.6 Å². The molecule has 0 spiro atoms. The highest BCUT2D eigenvalue weighted by molar-refractivity contribution is 7.50. The van der Waals surface area contributed by atoms with Crippen molar-refractivity contribution in [2.75, 3.05) is 0 Å². The minimum Gasteiger partial charge on any atom is -0.486 e. The van der Waals surface area contributed by atoms with Crippen LogP contribution in [0.3, 0.4) is 0 Å². The topological polar surface area (TPSA) is 9.23 Å². The largest absolute Gasteiger partial charge is 0.486 e. The van der Waals surface area contributed by atoms with Gasteiger partial charge in [0.05, 0.1) is 11.1 Å². The van der Waals surface area contributed by atoms with Crippen LogP contribution >= 0.6 is 10.5 Å². The average Bonchev–Trinajstić information content (AvgIpc) is 3.18. The monoisotopic (exact) mass is 517 g/mol. The number of alkyl halides is 6. The summed E-state index contributed by atoms with van der Waals surface area (Å²) < 4.78 is 87.5. The first-order valence-corrected chi connectivity index (χ1v) is 12.2. The van der Waals surface area contributed by atoms with Gasteiger partial charge in [-0.15, -0.1) is 0 Å². The zero-order chi connectivity index (χ0) is 25.7. The van der Waals surface area contributed by atoms with Crippen LogP contribution in [0, 0.1) is 0 Å². The van der Waals surface area contributed by atoms with E-state index in [0.717, 1.165) is 4.90 Å². The highest BCUT2D eigenvalue weighted by Gasteiger charge is 2.37. The zero-order valence-corrected chi connectivity index (χ0v) is 19.6. The molecule has 0 aliphatic heterocycles. The predicted octanol–water partition coefficient (Wildman–Crippen LogP) is 9.91. The Hall–Kier alpha value is -3.52. The van der Waals surface area contributed by atoms with E-state index in [0.29, 0.717) is 17.9 Å². The fourth-order valence-electron chi connectivity index (χ4n) is 4.25. The molecular weight excluding hydrogens is 498 g/mol. The van der Waals surface area contributed by atoms with Crippen LogP contribution in [0.25, 0.3) is 25.1 Å². The number of fused-ring (bicyclic) bond motifs is 3. The lowest BCUT2D eigenvalue weighted by atomic mass is 10.0. The highest BCUT2D eigenvalue weighted by Crippen LogP contribution is 2.48. The quantitative estimate of drug-likeness (QED) is 0.170. The summed E-state index contributed by atoms with van der Waals surface area (Å²) in [5.74, 6) is 0.349. The van der Waals surface area contributed by atoms with Crippen LogP contribution in [0.4, 0.5) is 26.3 Å². The molecule has 0 amide bonds. The Morgan fingerprint density at radius 1 is 0.639 bits per heavy atom. The van der Waals surface area contributed by atoms with Crippen LogP contribution in [0.5, 0.6) is 5.75 Å². The molecule has 0 aliphatic carbocycles. The van der Waals surface area contributed by atoms with Gasteiger partial charge in [0.1, 0.15) is 11.9 Å². The van der Waals surface area contributed by atoms with E-state index >= 15 is 0 Å². The van der Waals surface area contributed by atoms with E-state index in [4.69, 9.17) is 4.74 Å². The third-order valence-electron chi connectivity index (χ3n) is 5.96. The Morgan fingerprint density at radius 3 is 1.58 bits per heavy atom. The molecule has 0 radical (unpaired) electrons. The van der Waals surface area contributed by atoms with Gasteiger partial charge < -0.3 is 4.74 Å². The number of ether oxygens (including phenoxy) is 1. The number of rotatable bonds is 4. The van der Waals surface area contributed by atoms with Gasteiger partial charge in [-0.2, -0.15) is 26.3 Å². The summed E-state index contributed by atoms with van der Waals surface area (Å²) >= 11 is 0. The number of thiophene rings is 1. The van der Waals surface area contributed by atoms with Crippen molar-refractivity contribution < 1.29 is 31.1 Å². The lowest BCUT2D eigenvalue weighted by Gasteiger charge is -2.19. The van der Waals surface area contributed by atoms with Crippen molar-refractivity contribution >= 4 is 30.6 Å². The van der Waals surface area contributed by atoms with E-state index in [1.54, 1.807) is 12.1 Å². The van der Waals surface area contributed by atoms with Crippen LogP contribution in [0.2, 0.25) is 0 Å². The molecule has 1 nitrogen and oxygen atoms in total. The van der Waals surface area contributed by atoms with Gasteiger partial charge in [0.25, 0.3) is 0 Å². The standard InChI is InChI=1S/C28H19F6OS/c1-17(18-14-19(27(29,30)31)16-20(15-18)28(32,33)34)35-21-10-12-22(13-11-21)36-25-8-4-2-6-23(25)24-7-3-5-9-26(24)36/h2-17H,1H3/q+1. The number of hydrogen-bond acceptors (Lipinski definition) is 1. The van der Waals surface area contributed by atoms with E-state index < -0.39 is 29.6 Å². The molecule has 8 heteroatoms. The van der Waals surface area contributed by atoms with Crippen molar-refractivity contribution in [2.24, 2.45) is 0 Å². The Bertz CT molecular complexity index is 1460. The molecule has 184 valence electrons. The summed E-state index contributed by atoms with van der Waals surface area (Å²) in [6.07, 6.45) is -10.9. The van der Waals surface area contributed by atoms with Gasteiger partial charge in [0.2, 0.25) is 0 Å². The van der Waals surface area contributed by atoms with Crippen molar-refractivity contribution in [3.63, 3.8) is 0 Å². The van der Waals surface area contributed by atoms with Gasteiger partial charge in [-0.3, -0.25) is 0 Å². The molecule has 0 bridgehead atoms. The minimum absolute atomic E-state index is 0.114. The first-order chi connectivity index (χ1) is 17.0. The second-order valence-corrected chi connectivity index (χ2v) is 10.3. The van der Waals surface area contributed by atoms with E-state index in [9.17, 15) is 26.3 Å². The molecule has 0 saturated carbocycles. The molecule has 5 rings (SSSR count). The average molecular weight is 518 g/mol. The Labute approximate surface area is 205 Å². The summed E-state index contributed by atoms with van der Waals surface area (Å²) in [5.41, 5.74) is -2.93. The molecule has 0 N–H and O–H groups in total. The Balaban J connectivity index is 1.47. The van der Waals surface area contributed by atoms with E-state index in [2.05, 4.69) is 24.3 Å². The lowest BCUT2D eigenvalue weighted by Crippen LogP contribution is -2.14. The summed E-state index contributed by atoms with van der Waals surface area (Å²) in [4.78, 5) is 1.03. The van der Waals surface area contributed by atoms with Gasteiger partial charge in [0.15, 0.2) is 14.3 Å².